The van der Waals surface area contributed by atoms with Crippen molar-refractivity contribution in [2.45, 2.75) is 6.92 Å². The van der Waals surface area contributed by atoms with Gasteiger partial charge in [-0.1, -0.05) is 23.2 Å². The topological polar surface area (TPSA) is 97.6 Å². The van der Waals surface area contributed by atoms with E-state index in [0.29, 0.717) is 32.1 Å². The van der Waals surface area contributed by atoms with Gasteiger partial charge in [0.15, 0.2) is 11.5 Å². The Balaban J connectivity index is 1.89. The minimum absolute atomic E-state index is 0.174. The zero-order chi connectivity index (χ0) is 26.2. The van der Waals surface area contributed by atoms with E-state index in [-0.39, 0.29) is 27.8 Å². The molecule has 3 aromatic rings. The van der Waals surface area contributed by atoms with Crippen molar-refractivity contribution in [1.29, 1.82) is 5.26 Å². The summed E-state index contributed by atoms with van der Waals surface area (Å²) in [4.78, 5) is 25.4. The van der Waals surface area contributed by atoms with E-state index >= 15 is 0 Å². The van der Waals surface area contributed by atoms with E-state index in [0.717, 1.165) is 0 Å². The summed E-state index contributed by atoms with van der Waals surface area (Å²) in [5.74, 6) is -0.112. The number of amides is 1. The predicted octanol–water partition coefficient (Wildman–Crippen LogP) is 6.77. The number of hydrogen-bond acceptors (Lipinski definition) is 6. The number of ether oxygens (including phenoxy) is 3. The number of nitrogens with one attached hydrogen (secondary N) is 1. The molecule has 0 saturated heterocycles. The van der Waals surface area contributed by atoms with Gasteiger partial charge in [-0.15, -0.1) is 0 Å². The van der Waals surface area contributed by atoms with E-state index in [1.165, 1.54) is 25.3 Å². The van der Waals surface area contributed by atoms with Crippen molar-refractivity contribution in [3.8, 4) is 23.3 Å². The van der Waals surface area contributed by atoms with Crippen LogP contribution in [0, 0.1) is 14.9 Å². The van der Waals surface area contributed by atoms with Crippen LogP contribution in [0.3, 0.4) is 0 Å². The maximum Gasteiger partial charge on any atom is 0.343 e. The van der Waals surface area contributed by atoms with Crippen molar-refractivity contribution >= 4 is 69.4 Å². The first-order valence-electron chi connectivity index (χ1n) is 10.5. The van der Waals surface area contributed by atoms with Gasteiger partial charge in [0, 0.05) is 5.02 Å². The first kappa shape index (κ1) is 27.3. The third-order valence-corrected chi connectivity index (χ3v) is 6.07. The molecule has 3 aromatic carbocycles. The highest BCUT2D eigenvalue weighted by molar-refractivity contribution is 14.1. The zero-order valence-corrected chi connectivity index (χ0v) is 22.8. The van der Waals surface area contributed by atoms with Crippen molar-refractivity contribution in [2.24, 2.45) is 0 Å². The van der Waals surface area contributed by atoms with Crippen molar-refractivity contribution < 1.29 is 23.8 Å². The van der Waals surface area contributed by atoms with E-state index in [1.54, 1.807) is 49.4 Å². The third-order valence-electron chi connectivity index (χ3n) is 4.70. The van der Waals surface area contributed by atoms with Crippen LogP contribution in [0.15, 0.2) is 60.2 Å². The largest absolute Gasteiger partial charge is 0.497 e. The number of nitrogens with zero attached hydrogens (tertiary/aromatic N) is 1. The van der Waals surface area contributed by atoms with Crippen LogP contribution in [0.4, 0.5) is 5.69 Å². The molecule has 1 amide bonds. The standard InChI is InChI=1S/C26H19Cl2IN2O5/c1-3-35-23-12-15(10-17(14-30)25(32)31-22-13-18(27)6-9-20(22)28)11-21(29)24(23)36-26(33)16-4-7-19(34-2)8-5-16/h4-13H,3H2,1-2H3,(H,31,32)/b17-10+. The molecular weight excluding hydrogens is 618 g/mol. The second kappa shape index (κ2) is 12.6. The maximum atomic E-state index is 12.7. The van der Waals surface area contributed by atoms with E-state index in [2.05, 4.69) is 5.32 Å². The molecule has 7 nitrogen and oxygen atoms in total. The second-order valence-electron chi connectivity index (χ2n) is 7.13. The predicted molar refractivity (Wildman–Crippen MR) is 147 cm³/mol. The molecular formula is C26H19Cl2IN2O5. The summed E-state index contributed by atoms with van der Waals surface area (Å²) in [6.45, 7) is 2.09. The molecule has 0 saturated carbocycles. The molecule has 1 N–H and O–H groups in total. The Kier molecular flexibility index (Phi) is 9.58. The van der Waals surface area contributed by atoms with Crippen molar-refractivity contribution in [3.05, 3.63) is 84.9 Å². The molecule has 0 unspecified atom stereocenters. The molecule has 184 valence electrons. The second-order valence-corrected chi connectivity index (χ2v) is 9.13. The van der Waals surface area contributed by atoms with E-state index in [1.807, 2.05) is 28.7 Å². The number of halogens is 3. The summed E-state index contributed by atoms with van der Waals surface area (Å²) in [7, 11) is 1.54. The van der Waals surface area contributed by atoms with Crippen molar-refractivity contribution in [1.82, 2.24) is 0 Å². The maximum absolute atomic E-state index is 12.7. The summed E-state index contributed by atoms with van der Waals surface area (Å²) in [6.07, 6.45) is 1.40. The Hall–Kier alpha value is -3.26. The molecule has 10 heteroatoms. The highest BCUT2D eigenvalue weighted by Crippen LogP contribution is 2.36. The van der Waals surface area contributed by atoms with Gasteiger partial charge in [0.25, 0.3) is 5.91 Å². The number of rotatable bonds is 8. The highest BCUT2D eigenvalue weighted by Gasteiger charge is 2.18. The normalized spacial score (nSPS) is 10.8. The minimum Gasteiger partial charge on any atom is -0.497 e. The quantitative estimate of drug-likeness (QED) is 0.0964. The van der Waals surface area contributed by atoms with Gasteiger partial charge in [0.05, 0.1) is 33.6 Å². The smallest absolute Gasteiger partial charge is 0.343 e. The number of hydrogen-bond donors (Lipinski definition) is 1. The SMILES string of the molecule is CCOc1cc(/C=C(\C#N)C(=O)Nc2cc(Cl)ccc2Cl)cc(I)c1OC(=O)c1ccc(OC)cc1. The van der Waals surface area contributed by atoms with Gasteiger partial charge in [0.2, 0.25) is 0 Å². The van der Waals surface area contributed by atoms with Gasteiger partial charge in [-0.2, -0.15) is 5.26 Å². The number of nitriles is 1. The molecule has 0 aliphatic carbocycles. The van der Waals surface area contributed by atoms with Crippen LogP contribution in [0.25, 0.3) is 6.08 Å². The number of carbonyl (C=O) groups excluding carboxylic acids is 2. The molecule has 0 aliphatic rings. The van der Waals surface area contributed by atoms with Crippen molar-refractivity contribution in [2.75, 3.05) is 19.0 Å². The van der Waals surface area contributed by atoms with Crippen LogP contribution in [0.5, 0.6) is 17.2 Å². The minimum atomic E-state index is -0.662. The number of methoxy groups -OCH3 is 1. The van der Waals surface area contributed by atoms with E-state index in [9.17, 15) is 14.9 Å². The average Bonchev–Trinajstić information content (AvgIpc) is 2.86. The molecule has 3 rings (SSSR count). The molecule has 0 aliphatic heterocycles. The average molecular weight is 637 g/mol. The first-order valence-corrected chi connectivity index (χ1v) is 12.3. The van der Waals surface area contributed by atoms with E-state index in [4.69, 9.17) is 37.4 Å². The molecule has 0 bridgehead atoms. The molecule has 36 heavy (non-hydrogen) atoms. The Labute approximate surface area is 231 Å². The summed E-state index contributed by atoms with van der Waals surface area (Å²) in [5.41, 5.74) is 0.935. The van der Waals surface area contributed by atoms with Crippen LogP contribution in [0.1, 0.15) is 22.8 Å². The number of anilines is 1. The highest BCUT2D eigenvalue weighted by atomic mass is 127. The lowest BCUT2D eigenvalue weighted by Crippen LogP contribution is -2.14. The van der Waals surface area contributed by atoms with Crippen LogP contribution in [-0.4, -0.2) is 25.6 Å². The molecule has 0 fully saturated rings. The summed E-state index contributed by atoms with van der Waals surface area (Å²) in [5, 5.41) is 12.8. The van der Waals surface area contributed by atoms with Crippen LogP contribution >= 0.6 is 45.8 Å². The monoisotopic (exact) mass is 636 g/mol. The van der Waals surface area contributed by atoms with Crippen molar-refractivity contribution in [3.63, 3.8) is 0 Å². The summed E-state index contributed by atoms with van der Waals surface area (Å²) >= 11 is 14.1. The number of carbonyl (C=O) groups is 2. The molecule has 0 radical (unpaired) electrons. The molecule has 0 atom stereocenters. The lowest BCUT2D eigenvalue weighted by Gasteiger charge is -2.14. The lowest BCUT2D eigenvalue weighted by atomic mass is 10.1. The van der Waals surface area contributed by atoms with Gasteiger partial charge in [0.1, 0.15) is 17.4 Å². The van der Waals surface area contributed by atoms with Crippen LogP contribution < -0.4 is 19.5 Å². The number of esters is 1. The Morgan fingerprint density at radius 2 is 1.83 bits per heavy atom. The van der Waals surface area contributed by atoms with E-state index < -0.39 is 11.9 Å². The van der Waals surface area contributed by atoms with Gasteiger partial charge >= 0.3 is 5.97 Å². The van der Waals surface area contributed by atoms with Gasteiger partial charge in [-0.25, -0.2) is 4.79 Å². The first-order chi connectivity index (χ1) is 17.2. The zero-order valence-electron chi connectivity index (χ0n) is 19.1. The summed E-state index contributed by atoms with van der Waals surface area (Å²) < 4.78 is 17.0. The van der Waals surface area contributed by atoms with Gasteiger partial charge in [-0.3, -0.25) is 4.79 Å². The molecule has 0 aromatic heterocycles. The molecule has 0 spiro atoms. The fourth-order valence-corrected chi connectivity index (χ4v) is 4.08. The lowest BCUT2D eigenvalue weighted by molar-refractivity contribution is -0.112. The van der Waals surface area contributed by atoms with Gasteiger partial charge < -0.3 is 19.5 Å². The van der Waals surface area contributed by atoms with Gasteiger partial charge in [-0.05, 0) is 95.8 Å². The Morgan fingerprint density at radius 1 is 1.11 bits per heavy atom. The fourth-order valence-electron chi connectivity index (χ4n) is 3.01. The number of benzene rings is 3. The van der Waals surface area contributed by atoms with Crippen LogP contribution in [-0.2, 0) is 4.79 Å². The Morgan fingerprint density at radius 3 is 2.47 bits per heavy atom. The fraction of sp³-hybridized carbons (Fsp3) is 0.115. The van der Waals surface area contributed by atoms with Crippen LogP contribution in [0.2, 0.25) is 10.0 Å². The molecule has 0 heterocycles. The summed E-state index contributed by atoms with van der Waals surface area (Å²) in [6, 6.07) is 16.2. The Bertz CT molecular complexity index is 1370. The third kappa shape index (κ3) is 6.91.